The van der Waals surface area contributed by atoms with Gasteiger partial charge in [0.2, 0.25) is 5.91 Å². The normalized spacial score (nSPS) is 21.9. The third-order valence-electron chi connectivity index (χ3n) is 4.42. The number of fused-ring (bicyclic) bond motifs is 1. The fourth-order valence-electron chi connectivity index (χ4n) is 3.42. The van der Waals surface area contributed by atoms with E-state index < -0.39 is 0 Å². The van der Waals surface area contributed by atoms with Crippen LogP contribution < -0.4 is 11.1 Å². The lowest BCUT2D eigenvalue weighted by Crippen LogP contribution is -2.45. The Labute approximate surface area is 137 Å². The molecule has 0 saturated carbocycles. The Bertz CT molecular complexity index is 693. The molecule has 23 heavy (non-hydrogen) atoms. The highest BCUT2D eigenvalue weighted by atomic mass is 16.2. The van der Waals surface area contributed by atoms with E-state index in [1.54, 1.807) is 0 Å². The molecule has 2 aromatic carbocycles. The fraction of sp³-hybridized carbons (Fsp3) is 0.421. The number of benzene rings is 2. The number of rotatable bonds is 4. The lowest BCUT2D eigenvalue weighted by molar-refractivity contribution is -0.126. The standard InChI is InChI=1S/C19H25N3O/c1-13(2)21-19(23)18-10-16(20)12-22(18)11-15-8-5-7-14-6-3-4-9-17(14)15/h3-9,13,16,18H,10-12,20H2,1-2H3,(H,21,23)/t16-,18-/m0/s1. The van der Waals surface area contributed by atoms with Crippen LogP contribution in [0.25, 0.3) is 10.8 Å². The maximum atomic E-state index is 12.5. The molecule has 3 rings (SSSR count). The summed E-state index contributed by atoms with van der Waals surface area (Å²) in [4.78, 5) is 14.7. The summed E-state index contributed by atoms with van der Waals surface area (Å²) in [6.45, 7) is 5.49. The zero-order chi connectivity index (χ0) is 16.4. The second kappa shape index (κ2) is 6.69. The first-order valence-electron chi connectivity index (χ1n) is 8.31. The Hall–Kier alpha value is -1.91. The topological polar surface area (TPSA) is 58.4 Å². The van der Waals surface area contributed by atoms with Gasteiger partial charge in [-0.15, -0.1) is 0 Å². The molecule has 4 nitrogen and oxygen atoms in total. The Kier molecular flexibility index (Phi) is 4.64. The van der Waals surface area contributed by atoms with Crippen molar-refractivity contribution in [2.75, 3.05) is 6.54 Å². The van der Waals surface area contributed by atoms with Crippen molar-refractivity contribution in [1.82, 2.24) is 10.2 Å². The van der Waals surface area contributed by atoms with Crippen LogP contribution in [0.5, 0.6) is 0 Å². The molecule has 0 bridgehead atoms. The highest BCUT2D eigenvalue weighted by molar-refractivity contribution is 5.86. The molecule has 0 aromatic heterocycles. The van der Waals surface area contributed by atoms with Gasteiger partial charge >= 0.3 is 0 Å². The van der Waals surface area contributed by atoms with Gasteiger partial charge in [-0.1, -0.05) is 42.5 Å². The van der Waals surface area contributed by atoms with Crippen LogP contribution in [0.4, 0.5) is 0 Å². The Balaban J connectivity index is 1.83. The number of carbonyl (C=O) groups excluding carboxylic acids is 1. The molecule has 1 fully saturated rings. The summed E-state index contributed by atoms with van der Waals surface area (Å²) in [6, 6.07) is 14.8. The summed E-state index contributed by atoms with van der Waals surface area (Å²) in [5.74, 6) is 0.0909. The van der Waals surface area contributed by atoms with Gasteiger partial charge in [-0.3, -0.25) is 9.69 Å². The third kappa shape index (κ3) is 3.54. The summed E-state index contributed by atoms with van der Waals surface area (Å²) in [7, 11) is 0. The Morgan fingerprint density at radius 3 is 2.78 bits per heavy atom. The quantitative estimate of drug-likeness (QED) is 0.910. The molecule has 2 atom stereocenters. The largest absolute Gasteiger partial charge is 0.353 e. The predicted octanol–water partition coefficient (Wildman–Crippen LogP) is 2.27. The number of likely N-dealkylation sites (tertiary alicyclic amines) is 1. The number of amides is 1. The van der Waals surface area contributed by atoms with Gasteiger partial charge in [-0.05, 0) is 36.6 Å². The molecule has 1 heterocycles. The minimum atomic E-state index is -0.133. The molecule has 0 unspecified atom stereocenters. The summed E-state index contributed by atoms with van der Waals surface area (Å²) in [5.41, 5.74) is 7.38. The monoisotopic (exact) mass is 311 g/mol. The van der Waals surface area contributed by atoms with Gasteiger partial charge in [0.25, 0.3) is 0 Å². The first kappa shape index (κ1) is 16.0. The van der Waals surface area contributed by atoms with Crippen molar-refractivity contribution >= 4 is 16.7 Å². The number of nitrogens with zero attached hydrogens (tertiary/aromatic N) is 1. The summed E-state index contributed by atoms with van der Waals surface area (Å²) in [5, 5.41) is 5.50. The lowest BCUT2D eigenvalue weighted by atomic mass is 10.0. The number of hydrogen-bond donors (Lipinski definition) is 2. The number of hydrogen-bond acceptors (Lipinski definition) is 3. The van der Waals surface area contributed by atoms with Gasteiger partial charge < -0.3 is 11.1 Å². The average molecular weight is 311 g/mol. The summed E-state index contributed by atoms with van der Waals surface area (Å²) in [6.07, 6.45) is 0.726. The fourth-order valence-corrected chi connectivity index (χ4v) is 3.42. The van der Waals surface area contributed by atoms with E-state index in [9.17, 15) is 4.79 Å². The number of nitrogens with one attached hydrogen (secondary N) is 1. The second-order valence-electron chi connectivity index (χ2n) is 6.74. The Morgan fingerprint density at radius 1 is 1.26 bits per heavy atom. The van der Waals surface area contributed by atoms with Crippen LogP contribution in [0.1, 0.15) is 25.8 Å². The maximum Gasteiger partial charge on any atom is 0.237 e. The van der Waals surface area contributed by atoms with E-state index in [4.69, 9.17) is 5.73 Å². The van der Waals surface area contributed by atoms with Crippen molar-refractivity contribution in [2.24, 2.45) is 5.73 Å². The van der Waals surface area contributed by atoms with Crippen LogP contribution in [0.15, 0.2) is 42.5 Å². The van der Waals surface area contributed by atoms with Crippen molar-refractivity contribution in [2.45, 2.75) is 44.9 Å². The molecule has 0 radical (unpaired) electrons. The van der Waals surface area contributed by atoms with E-state index in [0.29, 0.717) is 0 Å². The van der Waals surface area contributed by atoms with E-state index in [2.05, 4.69) is 52.7 Å². The molecular weight excluding hydrogens is 286 g/mol. The van der Waals surface area contributed by atoms with Gasteiger partial charge in [0.15, 0.2) is 0 Å². The first-order valence-corrected chi connectivity index (χ1v) is 8.31. The van der Waals surface area contributed by atoms with E-state index in [0.717, 1.165) is 19.5 Å². The molecule has 122 valence electrons. The van der Waals surface area contributed by atoms with Gasteiger partial charge in [0.05, 0.1) is 6.04 Å². The average Bonchev–Trinajstić information content (AvgIpc) is 2.88. The molecule has 1 amide bonds. The van der Waals surface area contributed by atoms with Crippen LogP contribution in [0.3, 0.4) is 0 Å². The van der Waals surface area contributed by atoms with Crippen LogP contribution in [0, 0.1) is 0 Å². The van der Waals surface area contributed by atoms with Crippen molar-refractivity contribution in [1.29, 1.82) is 0 Å². The minimum absolute atomic E-state index is 0.0629. The molecule has 4 heteroatoms. The smallest absolute Gasteiger partial charge is 0.237 e. The molecule has 3 N–H and O–H groups in total. The van der Waals surface area contributed by atoms with E-state index in [-0.39, 0.29) is 24.0 Å². The zero-order valence-electron chi connectivity index (χ0n) is 13.8. The SMILES string of the molecule is CC(C)NC(=O)[C@@H]1C[C@H](N)CN1Cc1cccc2ccccc12. The summed E-state index contributed by atoms with van der Waals surface area (Å²) < 4.78 is 0. The van der Waals surface area contributed by atoms with E-state index in [1.165, 1.54) is 16.3 Å². The Morgan fingerprint density at radius 2 is 2.00 bits per heavy atom. The van der Waals surface area contributed by atoms with Crippen LogP contribution >= 0.6 is 0 Å². The third-order valence-corrected chi connectivity index (χ3v) is 4.42. The van der Waals surface area contributed by atoms with Gasteiger partial charge in [-0.2, -0.15) is 0 Å². The molecule has 0 aliphatic carbocycles. The summed E-state index contributed by atoms with van der Waals surface area (Å²) >= 11 is 0. The van der Waals surface area contributed by atoms with Gasteiger partial charge in [0, 0.05) is 25.2 Å². The zero-order valence-corrected chi connectivity index (χ0v) is 13.8. The molecule has 1 aliphatic rings. The van der Waals surface area contributed by atoms with Crippen molar-refractivity contribution in [3.05, 3.63) is 48.0 Å². The van der Waals surface area contributed by atoms with E-state index in [1.807, 2.05) is 13.8 Å². The highest BCUT2D eigenvalue weighted by Gasteiger charge is 2.35. The van der Waals surface area contributed by atoms with Crippen LogP contribution in [0.2, 0.25) is 0 Å². The molecule has 1 aliphatic heterocycles. The van der Waals surface area contributed by atoms with Crippen LogP contribution in [-0.2, 0) is 11.3 Å². The van der Waals surface area contributed by atoms with Crippen LogP contribution in [-0.4, -0.2) is 35.5 Å². The molecule has 1 saturated heterocycles. The number of carbonyl (C=O) groups is 1. The molecule has 2 aromatic rings. The number of nitrogens with two attached hydrogens (primary N) is 1. The van der Waals surface area contributed by atoms with Gasteiger partial charge in [0.1, 0.15) is 0 Å². The first-order chi connectivity index (χ1) is 11.0. The minimum Gasteiger partial charge on any atom is -0.353 e. The van der Waals surface area contributed by atoms with Crippen molar-refractivity contribution in [3.63, 3.8) is 0 Å². The second-order valence-corrected chi connectivity index (χ2v) is 6.74. The van der Waals surface area contributed by atoms with E-state index >= 15 is 0 Å². The van der Waals surface area contributed by atoms with Crippen molar-refractivity contribution in [3.8, 4) is 0 Å². The molecular formula is C19H25N3O. The van der Waals surface area contributed by atoms with Gasteiger partial charge in [-0.25, -0.2) is 0 Å². The highest BCUT2D eigenvalue weighted by Crippen LogP contribution is 2.24. The lowest BCUT2D eigenvalue weighted by Gasteiger charge is -2.25. The predicted molar refractivity (Wildman–Crippen MR) is 94.0 cm³/mol. The maximum absolute atomic E-state index is 12.5. The van der Waals surface area contributed by atoms with Crippen molar-refractivity contribution < 1.29 is 4.79 Å². The molecule has 0 spiro atoms.